The Balaban J connectivity index is 1.54. The van der Waals surface area contributed by atoms with E-state index in [1.165, 1.54) is 5.56 Å². The quantitative estimate of drug-likeness (QED) is 0.596. The summed E-state index contributed by atoms with van der Waals surface area (Å²) in [6.45, 7) is 1.09. The van der Waals surface area contributed by atoms with Gasteiger partial charge in [0.15, 0.2) is 0 Å². The minimum Gasteiger partial charge on any atom is -0.497 e. The van der Waals surface area contributed by atoms with E-state index < -0.39 is 0 Å². The topological polar surface area (TPSA) is 63.2 Å². The zero-order valence-corrected chi connectivity index (χ0v) is 16.4. The summed E-state index contributed by atoms with van der Waals surface area (Å²) in [5.74, 6) is 0.607. The molecule has 0 fully saturated rings. The predicted octanol–water partition coefficient (Wildman–Crippen LogP) is 4.33. The Bertz CT molecular complexity index is 946. The van der Waals surface area contributed by atoms with E-state index in [2.05, 4.69) is 21.7 Å². The van der Waals surface area contributed by atoms with E-state index >= 15 is 0 Å². The summed E-state index contributed by atoms with van der Waals surface area (Å²) < 4.78 is 5.24. The standard InChI is InChI=1S/C22H22ClN3O2/c1-28-19-7-4-5-16(13-19)9-11-24-18-10-12-25-21(14-18)22(27)26-15-17-6-2-3-8-20(17)23/h2-8,10,12-14H,9,11,15H2,1H3,(H,24,25)(H,26,27). The molecule has 0 aliphatic rings. The first-order valence-electron chi connectivity index (χ1n) is 9.00. The van der Waals surface area contributed by atoms with Crippen molar-refractivity contribution in [2.45, 2.75) is 13.0 Å². The first kappa shape index (κ1) is 19.7. The number of methoxy groups -OCH3 is 1. The van der Waals surface area contributed by atoms with Crippen molar-refractivity contribution in [2.24, 2.45) is 0 Å². The van der Waals surface area contributed by atoms with E-state index in [1.54, 1.807) is 25.4 Å². The van der Waals surface area contributed by atoms with Gasteiger partial charge in [-0.15, -0.1) is 0 Å². The molecule has 6 heteroatoms. The number of nitrogens with zero attached hydrogens (tertiary/aromatic N) is 1. The molecule has 0 saturated carbocycles. The summed E-state index contributed by atoms with van der Waals surface area (Å²) in [6, 6.07) is 19.0. The highest BCUT2D eigenvalue weighted by atomic mass is 35.5. The van der Waals surface area contributed by atoms with Gasteiger partial charge < -0.3 is 15.4 Å². The Morgan fingerprint density at radius 1 is 1.11 bits per heavy atom. The van der Waals surface area contributed by atoms with E-state index in [9.17, 15) is 4.79 Å². The molecule has 0 spiro atoms. The fourth-order valence-corrected chi connectivity index (χ4v) is 2.95. The number of carbonyl (C=O) groups excluding carboxylic acids is 1. The number of ether oxygens (including phenoxy) is 1. The van der Waals surface area contributed by atoms with Crippen LogP contribution in [0.15, 0.2) is 66.9 Å². The van der Waals surface area contributed by atoms with Gasteiger partial charge in [0.1, 0.15) is 11.4 Å². The van der Waals surface area contributed by atoms with Gasteiger partial charge in [-0.3, -0.25) is 9.78 Å². The first-order valence-corrected chi connectivity index (χ1v) is 9.38. The van der Waals surface area contributed by atoms with Crippen LogP contribution in [0.2, 0.25) is 5.02 Å². The molecule has 1 heterocycles. The minimum absolute atomic E-state index is 0.239. The van der Waals surface area contributed by atoms with Crippen LogP contribution in [0.4, 0.5) is 5.69 Å². The van der Waals surface area contributed by atoms with E-state index in [4.69, 9.17) is 16.3 Å². The zero-order chi connectivity index (χ0) is 19.8. The third-order valence-corrected chi connectivity index (χ3v) is 4.64. The lowest BCUT2D eigenvalue weighted by atomic mass is 10.1. The lowest BCUT2D eigenvalue weighted by Crippen LogP contribution is -2.24. The summed E-state index contributed by atoms with van der Waals surface area (Å²) in [4.78, 5) is 16.6. The van der Waals surface area contributed by atoms with Crippen LogP contribution < -0.4 is 15.4 Å². The third kappa shape index (κ3) is 5.47. The van der Waals surface area contributed by atoms with Crippen LogP contribution in [0.25, 0.3) is 0 Å². The molecule has 0 saturated heterocycles. The largest absolute Gasteiger partial charge is 0.497 e. The summed E-state index contributed by atoms with van der Waals surface area (Å²) in [6.07, 6.45) is 2.46. The van der Waals surface area contributed by atoms with E-state index in [0.29, 0.717) is 17.3 Å². The molecule has 3 aromatic rings. The SMILES string of the molecule is COc1cccc(CCNc2ccnc(C(=O)NCc3ccccc3Cl)c2)c1. The van der Waals surface area contributed by atoms with Crippen LogP contribution in [0.3, 0.4) is 0 Å². The molecule has 0 unspecified atom stereocenters. The number of aromatic nitrogens is 1. The maximum atomic E-state index is 12.4. The number of carbonyl (C=O) groups is 1. The second kappa shape index (κ2) is 9.76. The molecule has 5 nitrogen and oxygen atoms in total. The smallest absolute Gasteiger partial charge is 0.270 e. The summed E-state index contributed by atoms with van der Waals surface area (Å²) in [5.41, 5.74) is 3.25. The second-order valence-electron chi connectivity index (χ2n) is 6.23. The highest BCUT2D eigenvalue weighted by Crippen LogP contribution is 2.15. The molecule has 28 heavy (non-hydrogen) atoms. The van der Waals surface area contributed by atoms with Crippen molar-refractivity contribution in [2.75, 3.05) is 19.0 Å². The number of halogens is 1. The number of hydrogen-bond donors (Lipinski definition) is 2. The van der Waals surface area contributed by atoms with Crippen molar-refractivity contribution in [3.8, 4) is 5.75 Å². The maximum absolute atomic E-state index is 12.4. The van der Waals surface area contributed by atoms with Crippen molar-refractivity contribution in [1.29, 1.82) is 0 Å². The Labute approximate surface area is 169 Å². The van der Waals surface area contributed by atoms with Gasteiger partial charge in [0, 0.05) is 30.0 Å². The van der Waals surface area contributed by atoms with Crippen molar-refractivity contribution in [3.05, 3.63) is 88.7 Å². The molecule has 0 radical (unpaired) electrons. The molecule has 1 aromatic heterocycles. The molecular formula is C22H22ClN3O2. The molecule has 144 valence electrons. The monoisotopic (exact) mass is 395 g/mol. The molecule has 2 aromatic carbocycles. The van der Waals surface area contributed by atoms with Crippen molar-refractivity contribution < 1.29 is 9.53 Å². The first-order chi connectivity index (χ1) is 13.7. The number of hydrogen-bond acceptors (Lipinski definition) is 4. The third-order valence-electron chi connectivity index (χ3n) is 4.27. The van der Waals surface area contributed by atoms with E-state index in [-0.39, 0.29) is 5.91 Å². The Morgan fingerprint density at radius 3 is 2.79 bits per heavy atom. The number of benzene rings is 2. The highest BCUT2D eigenvalue weighted by Gasteiger charge is 2.09. The molecule has 0 aliphatic heterocycles. The molecule has 3 rings (SSSR count). The highest BCUT2D eigenvalue weighted by molar-refractivity contribution is 6.31. The van der Waals surface area contributed by atoms with Crippen LogP contribution >= 0.6 is 11.6 Å². The van der Waals surface area contributed by atoms with Crippen LogP contribution in [-0.2, 0) is 13.0 Å². The molecule has 1 amide bonds. The maximum Gasteiger partial charge on any atom is 0.270 e. The average molecular weight is 396 g/mol. The van der Waals surface area contributed by atoms with Crippen molar-refractivity contribution in [1.82, 2.24) is 10.3 Å². The molecule has 0 atom stereocenters. The van der Waals surface area contributed by atoms with Gasteiger partial charge in [-0.25, -0.2) is 0 Å². The second-order valence-corrected chi connectivity index (χ2v) is 6.64. The zero-order valence-electron chi connectivity index (χ0n) is 15.6. The van der Waals surface area contributed by atoms with Crippen LogP contribution in [-0.4, -0.2) is 24.5 Å². The van der Waals surface area contributed by atoms with E-state index in [0.717, 1.165) is 30.0 Å². The van der Waals surface area contributed by atoms with Gasteiger partial charge in [-0.1, -0.05) is 41.9 Å². The number of amides is 1. The molecule has 2 N–H and O–H groups in total. The number of nitrogens with one attached hydrogen (secondary N) is 2. The van der Waals surface area contributed by atoms with Crippen LogP contribution in [0.1, 0.15) is 21.6 Å². The summed E-state index contributed by atoms with van der Waals surface area (Å²) >= 11 is 6.12. The lowest BCUT2D eigenvalue weighted by Gasteiger charge is -2.10. The number of pyridine rings is 1. The molecule has 0 bridgehead atoms. The van der Waals surface area contributed by atoms with Gasteiger partial charge in [0.05, 0.1) is 7.11 Å². The van der Waals surface area contributed by atoms with Crippen LogP contribution in [0, 0.1) is 0 Å². The summed E-state index contributed by atoms with van der Waals surface area (Å²) in [5, 5.41) is 6.81. The molecular weight excluding hydrogens is 374 g/mol. The minimum atomic E-state index is -0.239. The average Bonchev–Trinajstić information content (AvgIpc) is 2.73. The van der Waals surface area contributed by atoms with Crippen molar-refractivity contribution in [3.63, 3.8) is 0 Å². The van der Waals surface area contributed by atoms with Gasteiger partial charge >= 0.3 is 0 Å². The van der Waals surface area contributed by atoms with Gasteiger partial charge in [0.2, 0.25) is 0 Å². The number of anilines is 1. The Morgan fingerprint density at radius 2 is 1.96 bits per heavy atom. The Kier molecular flexibility index (Phi) is 6.87. The summed E-state index contributed by atoms with van der Waals surface area (Å²) in [7, 11) is 1.66. The Hall–Kier alpha value is -3.05. The number of rotatable bonds is 8. The van der Waals surface area contributed by atoms with Gasteiger partial charge in [-0.05, 0) is 47.9 Å². The van der Waals surface area contributed by atoms with Crippen LogP contribution in [0.5, 0.6) is 5.75 Å². The molecule has 0 aliphatic carbocycles. The predicted molar refractivity (Wildman–Crippen MR) is 112 cm³/mol. The van der Waals surface area contributed by atoms with Gasteiger partial charge in [0.25, 0.3) is 5.91 Å². The van der Waals surface area contributed by atoms with E-state index in [1.807, 2.05) is 42.5 Å². The van der Waals surface area contributed by atoms with Gasteiger partial charge in [-0.2, -0.15) is 0 Å². The normalized spacial score (nSPS) is 10.4. The lowest BCUT2D eigenvalue weighted by molar-refractivity contribution is 0.0946. The fraction of sp³-hybridized carbons (Fsp3) is 0.182. The fourth-order valence-electron chi connectivity index (χ4n) is 2.75. The van der Waals surface area contributed by atoms with Crippen molar-refractivity contribution >= 4 is 23.2 Å².